The third-order valence-corrected chi connectivity index (χ3v) is 4.79. The first-order valence-electron chi connectivity index (χ1n) is 8.55. The second-order valence-corrected chi connectivity index (χ2v) is 6.34. The molecule has 0 spiro atoms. The molecule has 1 heterocycles. The second kappa shape index (κ2) is 6.99. The molecule has 0 saturated carbocycles. The monoisotopic (exact) mass is 312 g/mol. The molecule has 0 aromatic heterocycles. The maximum atomic E-state index is 12.6. The summed E-state index contributed by atoms with van der Waals surface area (Å²) in [6.45, 7) is 3.11. The number of benzene rings is 1. The molecule has 1 aliphatic carbocycles. The number of hydrogen-bond donors (Lipinski definition) is 1. The van der Waals surface area contributed by atoms with Crippen molar-refractivity contribution < 1.29 is 9.59 Å². The normalized spacial score (nSPS) is 18.4. The number of fused-ring (bicyclic) bond motifs is 1. The number of hydrogen-bond acceptors (Lipinski definition) is 2. The van der Waals surface area contributed by atoms with Crippen LogP contribution in [0.3, 0.4) is 0 Å². The maximum absolute atomic E-state index is 12.6. The van der Waals surface area contributed by atoms with Gasteiger partial charge in [0.05, 0.1) is 0 Å². The van der Waals surface area contributed by atoms with Crippen LogP contribution in [-0.2, 0) is 11.3 Å². The summed E-state index contributed by atoms with van der Waals surface area (Å²) in [5.41, 5.74) is 3.06. The van der Waals surface area contributed by atoms with Gasteiger partial charge in [0.25, 0.3) is 5.91 Å². The molecule has 2 aliphatic rings. The van der Waals surface area contributed by atoms with E-state index in [0.717, 1.165) is 24.0 Å². The average molecular weight is 312 g/mol. The molecule has 0 bridgehead atoms. The van der Waals surface area contributed by atoms with Crippen LogP contribution in [0.25, 0.3) is 0 Å². The van der Waals surface area contributed by atoms with Crippen LogP contribution in [0.15, 0.2) is 35.9 Å². The van der Waals surface area contributed by atoms with E-state index in [1.807, 2.05) is 31.2 Å². The van der Waals surface area contributed by atoms with Crippen molar-refractivity contribution in [3.8, 4) is 0 Å². The molecule has 0 fully saturated rings. The predicted octanol–water partition coefficient (Wildman–Crippen LogP) is 3.04. The molecule has 0 unspecified atom stereocenters. The topological polar surface area (TPSA) is 49.4 Å². The molecule has 0 radical (unpaired) electrons. The fraction of sp³-hybridized carbons (Fsp3) is 0.474. The zero-order valence-corrected chi connectivity index (χ0v) is 13.7. The van der Waals surface area contributed by atoms with E-state index in [-0.39, 0.29) is 17.9 Å². The zero-order chi connectivity index (χ0) is 16.2. The van der Waals surface area contributed by atoms with Gasteiger partial charge in [0, 0.05) is 18.7 Å². The molecule has 4 nitrogen and oxygen atoms in total. The van der Waals surface area contributed by atoms with Crippen molar-refractivity contribution in [3.63, 3.8) is 0 Å². The highest BCUT2D eigenvalue weighted by atomic mass is 16.2. The van der Waals surface area contributed by atoms with Crippen LogP contribution in [0, 0.1) is 0 Å². The second-order valence-electron chi connectivity index (χ2n) is 6.34. The molecule has 122 valence electrons. The Balaban J connectivity index is 1.65. The minimum Gasteiger partial charge on any atom is -0.351 e. The Morgan fingerprint density at radius 1 is 1.30 bits per heavy atom. The third-order valence-electron chi connectivity index (χ3n) is 4.79. The van der Waals surface area contributed by atoms with Crippen molar-refractivity contribution in [1.29, 1.82) is 0 Å². The maximum Gasteiger partial charge on any atom is 0.255 e. The average Bonchev–Trinajstić information content (AvgIpc) is 2.92. The molecule has 0 saturated heterocycles. The largest absolute Gasteiger partial charge is 0.351 e. The molecule has 1 atom stereocenters. The summed E-state index contributed by atoms with van der Waals surface area (Å²) in [5, 5.41) is 3.03. The van der Waals surface area contributed by atoms with Gasteiger partial charge in [-0.1, -0.05) is 36.8 Å². The number of nitrogens with zero attached hydrogens (tertiary/aromatic N) is 1. The highest BCUT2D eigenvalue weighted by molar-refractivity contribution is 6.01. The lowest BCUT2D eigenvalue weighted by molar-refractivity contribution is -0.125. The van der Waals surface area contributed by atoms with Gasteiger partial charge in [-0.05, 0) is 43.7 Å². The van der Waals surface area contributed by atoms with Gasteiger partial charge in [0.2, 0.25) is 5.91 Å². The predicted molar refractivity (Wildman–Crippen MR) is 90.0 cm³/mol. The van der Waals surface area contributed by atoms with E-state index in [0.29, 0.717) is 19.5 Å². The number of amides is 2. The Bertz CT molecular complexity index is 636. The lowest BCUT2D eigenvalue weighted by Crippen LogP contribution is -2.47. The van der Waals surface area contributed by atoms with E-state index in [1.165, 1.54) is 18.4 Å². The molecule has 4 heteroatoms. The molecular weight excluding hydrogens is 288 g/mol. The third kappa shape index (κ3) is 3.31. The highest BCUT2D eigenvalue weighted by Gasteiger charge is 2.35. The van der Waals surface area contributed by atoms with Crippen molar-refractivity contribution in [3.05, 3.63) is 47.0 Å². The van der Waals surface area contributed by atoms with Crippen molar-refractivity contribution in [2.24, 2.45) is 0 Å². The number of carbonyl (C=O) groups is 2. The molecule has 2 amide bonds. The first-order chi connectivity index (χ1) is 11.2. The zero-order valence-electron chi connectivity index (χ0n) is 13.7. The summed E-state index contributed by atoms with van der Waals surface area (Å²) in [7, 11) is 0. The van der Waals surface area contributed by atoms with E-state index < -0.39 is 0 Å². The van der Waals surface area contributed by atoms with Gasteiger partial charge in [-0.25, -0.2) is 0 Å². The summed E-state index contributed by atoms with van der Waals surface area (Å²) < 4.78 is 0. The summed E-state index contributed by atoms with van der Waals surface area (Å²) in [6.07, 6.45) is 7.51. The lowest BCUT2D eigenvalue weighted by atomic mass is 9.99. The van der Waals surface area contributed by atoms with Gasteiger partial charge < -0.3 is 10.2 Å². The van der Waals surface area contributed by atoms with Crippen LogP contribution in [0.1, 0.15) is 54.9 Å². The summed E-state index contributed by atoms with van der Waals surface area (Å²) >= 11 is 0. The SMILES string of the molecule is CC[C@@H](C(=O)NCC1=CCCCC1)N1Cc2ccccc2C1=O. The number of nitrogens with one attached hydrogen (secondary N) is 1. The molecule has 3 rings (SSSR count). The molecule has 1 N–H and O–H groups in total. The minimum atomic E-state index is -0.390. The summed E-state index contributed by atoms with van der Waals surface area (Å²) in [5.74, 6) is -0.0698. The fourth-order valence-electron chi connectivity index (χ4n) is 3.46. The van der Waals surface area contributed by atoms with Crippen LogP contribution in [0.4, 0.5) is 0 Å². The van der Waals surface area contributed by atoms with Crippen LogP contribution in [0.5, 0.6) is 0 Å². The number of carbonyl (C=O) groups excluding carboxylic acids is 2. The van der Waals surface area contributed by atoms with Crippen LogP contribution < -0.4 is 5.32 Å². The van der Waals surface area contributed by atoms with E-state index in [2.05, 4.69) is 11.4 Å². The Labute approximate surface area is 137 Å². The first-order valence-corrected chi connectivity index (χ1v) is 8.55. The molecule has 1 aliphatic heterocycles. The van der Waals surface area contributed by atoms with Gasteiger partial charge in [-0.3, -0.25) is 9.59 Å². The molecule has 1 aromatic rings. The Hall–Kier alpha value is -2.10. The van der Waals surface area contributed by atoms with E-state index in [1.54, 1.807) is 4.90 Å². The molecular formula is C19H24N2O2. The van der Waals surface area contributed by atoms with Gasteiger partial charge in [-0.15, -0.1) is 0 Å². The van der Waals surface area contributed by atoms with Crippen LogP contribution >= 0.6 is 0 Å². The Morgan fingerprint density at radius 2 is 2.13 bits per heavy atom. The van der Waals surface area contributed by atoms with Crippen molar-refractivity contribution in [1.82, 2.24) is 10.2 Å². The van der Waals surface area contributed by atoms with Gasteiger partial charge in [-0.2, -0.15) is 0 Å². The summed E-state index contributed by atoms with van der Waals surface area (Å²) in [6, 6.07) is 7.22. The van der Waals surface area contributed by atoms with Crippen LogP contribution in [-0.4, -0.2) is 29.3 Å². The number of allylic oxidation sites excluding steroid dienone is 1. The smallest absolute Gasteiger partial charge is 0.255 e. The van der Waals surface area contributed by atoms with Crippen molar-refractivity contribution >= 4 is 11.8 Å². The number of rotatable bonds is 5. The van der Waals surface area contributed by atoms with E-state index in [9.17, 15) is 9.59 Å². The Morgan fingerprint density at radius 3 is 2.83 bits per heavy atom. The summed E-state index contributed by atoms with van der Waals surface area (Å²) in [4.78, 5) is 26.8. The van der Waals surface area contributed by atoms with Gasteiger partial charge >= 0.3 is 0 Å². The first kappa shape index (κ1) is 15.8. The van der Waals surface area contributed by atoms with Crippen molar-refractivity contribution in [2.45, 2.75) is 51.6 Å². The van der Waals surface area contributed by atoms with E-state index >= 15 is 0 Å². The molecule has 23 heavy (non-hydrogen) atoms. The highest BCUT2D eigenvalue weighted by Crippen LogP contribution is 2.25. The molecule has 1 aromatic carbocycles. The lowest BCUT2D eigenvalue weighted by Gasteiger charge is -2.26. The van der Waals surface area contributed by atoms with E-state index in [4.69, 9.17) is 0 Å². The fourth-order valence-corrected chi connectivity index (χ4v) is 3.46. The van der Waals surface area contributed by atoms with Crippen molar-refractivity contribution in [2.75, 3.05) is 6.54 Å². The quantitative estimate of drug-likeness (QED) is 0.850. The van der Waals surface area contributed by atoms with Gasteiger partial charge in [0.15, 0.2) is 0 Å². The Kier molecular flexibility index (Phi) is 4.79. The van der Waals surface area contributed by atoms with Gasteiger partial charge in [0.1, 0.15) is 6.04 Å². The van der Waals surface area contributed by atoms with Crippen LogP contribution in [0.2, 0.25) is 0 Å². The standard InChI is InChI=1S/C19H24N2O2/c1-2-17(18(22)20-12-14-8-4-3-5-9-14)21-13-15-10-6-7-11-16(15)19(21)23/h6-8,10-11,17H,2-5,9,12-13H2,1H3,(H,20,22)/t17-/m0/s1. The minimum absolute atomic E-state index is 0.0283.